The first-order valence-corrected chi connectivity index (χ1v) is 8.73. The Kier molecular flexibility index (Phi) is 11.9. The van der Waals surface area contributed by atoms with Gasteiger partial charge in [-0.1, -0.05) is 101 Å². The second-order valence-electron chi connectivity index (χ2n) is 5.72. The molecule has 1 aromatic carbocycles. The summed E-state index contributed by atoms with van der Waals surface area (Å²) in [6.07, 6.45) is 16.5. The van der Waals surface area contributed by atoms with Crippen LogP contribution in [0.25, 0.3) is 6.08 Å². The quantitative estimate of drug-likeness (QED) is 0.390. The van der Waals surface area contributed by atoms with Gasteiger partial charge in [0.05, 0.1) is 6.61 Å². The van der Waals surface area contributed by atoms with Crippen molar-refractivity contribution in [3.8, 4) is 0 Å². The highest BCUT2D eigenvalue weighted by atomic mass is 16.5. The van der Waals surface area contributed by atoms with Crippen molar-refractivity contribution in [1.29, 1.82) is 0 Å². The predicted molar refractivity (Wildman–Crippen MR) is 93.5 cm³/mol. The summed E-state index contributed by atoms with van der Waals surface area (Å²) in [7, 11) is 0. The molecule has 0 bridgehead atoms. The van der Waals surface area contributed by atoms with Crippen molar-refractivity contribution in [2.75, 3.05) is 13.2 Å². The van der Waals surface area contributed by atoms with Crippen LogP contribution in [0.15, 0.2) is 36.4 Å². The molecule has 0 aromatic heterocycles. The van der Waals surface area contributed by atoms with E-state index in [0.29, 0.717) is 0 Å². The van der Waals surface area contributed by atoms with Crippen LogP contribution in [-0.2, 0) is 4.74 Å². The van der Waals surface area contributed by atoms with E-state index in [9.17, 15) is 0 Å². The molecule has 118 valence electrons. The molecule has 0 fully saturated rings. The summed E-state index contributed by atoms with van der Waals surface area (Å²) in [5, 5.41) is 0. The molecular formula is C20H32O. The second-order valence-corrected chi connectivity index (χ2v) is 5.72. The van der Waals surface area contributed by atoms with Crippen LogP contribution in [0, 0.1) is 0 Å². The summed E-state index contributed by atoms with van der Waals surface area (Å²) in [4.78, 5) is 0. The van der Waals surface area contributed by atoms with Crippen LogP contribution in [0.2, 0.25) is 0 Å². The van der Waals surface area contributed by atoms with E-state index in [1.54, 1.807) is 0 Å². The maximum absolute atomic E-state index is 5.63. The van der Waals surface area contributed by atoms with Gasteiger partial charge in [0.2, 0.25) is 0 Å². The lowest BCUT2D eigenvalue weighted by Gasteiger charge is -2.02. The Morgan fingerprint density at radius 2 is 1.43 bits per heavy atom. The van der Waals surface area contributed by atoms with Gasteiger partial charge < -0.3 is 4.74 Å². The van der Waals surface area contributed by atoms with Crippen molar-refractivity contribution in [1.82, 2.24) is 0 Å². The van der Waals surface area contributed by atoms with Gasteiger partial charge >= 0.3 is 0 Å². The van der Waals surface area contributed by atoms with E-state index in [1.807, 2.05) is 6.07 Å². The lowest BCUT2D eigenvalue weighted by molar-refractivity contribution is 0.157. The van der Waals surface area contributed by atoms with Crippen molar-refractivity contribution in [2.45, 2.75) is 64.7 Å². The zero-order chi connectivity index (χ0) is 15.0. The molecule has 0 aliphatic carbocycles. The van der Waals surface area contributed by atoms with Gasteiger partial charge in [0.1, 0.15) is 0 Å². The first kappa shape index (κ1) is 18.0. The molecular weight excluding hydrogens is 256 g/mol. The maximum Gasteiger partial charge on any atom is 0.0650 e. The Bertz CT molecular complexity index is 342. The molecule has 0 atom stereocenters. The van der Waals surface area contributed by atoms with Crippen molar-refractivity contribution in [3.05, 3.63) is 42.0 Å². The molecule has 0 saturated heterocycles. The molecule has 1 nitrogen and oxygen atoms in total. The summed E-state index contributed by atoms with van der Waals surface area (Å²) in [6, 6.07) is 10.4. The zero-order valence-corrected chi connectivity index (χ0v) is 13.7. The van der Waals surface area contributed by atoms with Gasteiger partial charge in [0.15, 0.2) is 0 Å². The number of ether oxygens (including phenoxy) is 1. The molecule has 0 spiro atoms. The van der Waals surface area contributed by atoms with Gasteiger partial charge in [-0.25, -0.2) is 0 Å². The fraction of sp³-hybridized carbons (Fsp3) is 0.600. The molecule has 0 heterocycles. The number of rotatable bonds is 13. The smallest absolute Gasteiger partial charge is 0.0650 e. The molecule has 0 aliphatic rings. The van der Waals surface area contributed by atoms with Crippen molar-refractivity contribution < 1.29 is 4.74 Å². The van der Waals surface area contributed by atoms with Gasteiger partial charge in [0.25, 0.3) is 0 Å². The third kappa shape index (κ3) is 11.3. The summed E-state index contributed by atoms with van der Waals surface area (Å²) in [5.41, 5.74) is 1.24. The van der Waals surface area contributed by atoms with Gasteiger partial charge in [-0.05, 0) is 12.0 Å². The van der Waals surface area contributed by atoms with E-state index in [4.69, 9.17) is 4.74 Å². The van der Waals surface area contributed by atoms with Crippen molar-refractivity contribution in [3.63, 3.8) is 0 Å². The minimum absolute atomic E-state index is 0.728. The molecule has 0 radical (unpaired) electrons. The average molecular weight is 288 g/mol. The van der Waals surface area contributed by atoms with Crippen LogP contribution in [0.5, 0.6) is 0 Å². The molecule has 0 amide bonds. The van der Waals surface area contributed by atoms with Crippen LogP contribution in [0.3, 0.4) is 0 Å². The highest BCUT2D eigenvalue weighted by Gasteiger charge is 1.92. The number of hydrogen-bond acceptors (Lipinski definition) is 1. The topological polar surface area (TPSA) is 9.23 Å². The lowest BCUT2D eigenvalue weighted by Crippen LogP contribution is -1.94. The molecule has 0 saturated carbocycles. The molecule has 0 N–H and O–H groups in total. The molecule has 1 aromatic rings. The molecule has 0 unspecified atom stereocenters. The number of benzene rings is 1. The maximum atomic E-state index is 5.63. The Hall–Kier alpha value is -1.08. The van der Waals surface area contributed by atoms with Gasteiger partial charge in [-0.2, -0.15) is 0 Å². The highest BCUT2D eigenvalue weighted by Crippen LogP contribution is 2.09. The molecule has 1 heteroatoms. The monoisotopic (exact) mass is 288 g/mol. The van der Waals surface area contributed by atoms with E-state index in [-0.39, 0.29) is 0 Å². The fourth-order valence-corrected chi connectivity index (χ4v) is 2.41. The Balaban J connectivity index is 1.82. The Morgan fingerprint density at radius 3 is 2.10 bits per heavy atom. The van der Waals surface area contributed by atoms with E-state index in [2.05, 4.69) is 43.3 Å². The highest BCUT2D eigenvalue weighted by molar-refractivity contribution is 5.48. The third-order valence-corrected chi connectivity index (χ3v) is 3.72. The van der Waals surface area contributed by atoms with Gasteiger partial charge in [0, 0.05) is 6.61 Å². The predicted octanol–water partition coefficient (Wildman–Crippen LogP) is 6.25. The molecule has 1 rings (SSSR count). The van der Waals surface area contributed by atoms with Gasteiger partial charge in [-0.3, -0.25) is 0 Å². The van der Waals surface area contributed by atoms with Gasteiger partial charge in [-0.15, -0.1) is 0 Å². The van der Waals surface area contributed by atoms with Crippen LogP contribution in [0.1, 0.15) is 70.3 Å². The van der Waals surface area contributed by atoms with Crippen LogP contribution < -0.4 is 0 Å². The second kappa shape index (κ2) is 13.9. The average Bonchev–Trinajstić information content (AvgIpc) is 2.53. The van der Waals surface area contributed by atoms with E-state index in [1.165, 1.54) is 63.4 Å². The largest absolute Gasteiger partial charge is 0.377 e. The summed E-state index contributed by atoms with van der Waals surface area (Å²) >= 11 is 0. The van der Waals surface area contributed by atoms with Crippen LogP contribution >= 0.6 is 0 Å². The summed E-state index contributed by atoms with van der Waals surface area (Å²) in [6.45, 7) is 3.90. The van der Waals surface area contributed by atoms with E-state index < -0.39 is 0 Å². The summed E-state index contributed by atoms with van der Waals surface area (Å²) in [5.74, 6) is 0. The number of hydrogen-bond donors (Lipinski definition) is 0. The minimum Gasteiger partial charge on any atom is -0.377 e. The Morgan fingerprint density at radius 1 is 0.810 bits per heavy atom. The van der Waals surface area contributed by atoms with Crippen LogP contribution in [0.4, 0.5) is 0 Å². The Labute approximate surface area is 131 Å². The standard InChI is InChI=1S/C20H32O/c1-2-3-4-5-6-7-8-9-13-18-21-19-14-17-20-15-11-10-12-16-20/h10-12,14-17H,2-9,13,18-19H2,1H3. The molecule has 21 heavy (non-hydrogen) atoms. The van der Waals surface area contributed by atoms with E-state index >= 15 is 0 Å². The molecule has 0 aliphatic heterocycles. The fourth-order valence-electron chi connectivity index (χ4n) is 2.41. The minimum atomic E-state index is 0.728. The third-order valence-electron chi connectivity index (χ3n) is 3.72. The van der Waals surface area contributed by atoms with E-state index in [0.717, 1.165) is 13.2 Å². The van der Waals surface area contributed by atoms with Crippen molar-refractivity contribution in [2.24, 2.45) is 0 Å². The van der Waals surface area contributed by atoms with Crippen LogP contribution in [-0.4, -0.2) is 13.2 Å². The zero-order valence-electron chi connectivity index (χ0n) is 13.7. The first-order valence-electron chi connectivity index (χ1n) is 8.73. The van der Waals surface area contributed by atoms with Crippen molar-refractivity contribution >= 4 is 6.08 Å². The lowest BCUT2D eigenvalue weighted by atomic mass is 10.1. The normalized spacial score (nSPS) is 11.3. The first-order chi connectivity index (χ1) is 10.4. The summed E-state index contributed by atoms with van der Waals surface area (Å²) < 4.78 is 5.63. The number of unbranched alkanes of at least 4 members (excludes halogenated alkanes) is 8. The SMILES string of the molecule is CCCCCCCCCCCOCC=Cc1ccccc1.